The highest BCUT2D eigenvalue weighted by atomic mass is 35.5. The number of benzene rings is 13. The van der Waals surface area contributed by atoms with Crippen LogP contribution in [-0.2, 0) is 43.9 Å². The molecule has 13 rings (SSSR count). The van der Waals surface area contributed by atoms with Gasteiger partial charge in [-0.1, -0.05) is 161 Å². The second kappa shape index (κ2) is 39.8. The third kappa shape index (κ3) is 22.7. The fourth-order valence-corrected chi connectivity index (χ4v) is 18.1. The lowest BCUT2D eigenvalue weighted by molar-refractivity contribution is 0.103. The zero-order valence-electron chi connectivity index (χ0n) is 55.8. The largest absolute Gasteiger partial charge is 0.400 e. The van der Waals surface area contributed by atoms with Crippen molar-refractivity contribution in [2.24, 2.45) is 0 Å². The Labute approximate surface area is 650 Å². The highest BCUT2D eigenvalue weighted by Gasteiger charge is 2.30. The lowest BCUT2D eigenvalue weighted by Gasteiger charge is -2.20. The minimum atomic E-state index is -3.66. The van der Waals surface area contributed by atoms with Gasteiger partial charge in [-0.05, 0) is 254 Å². The molecule has 11 nitrogen and oxygen atoms in total. The first-order chi connectivity index (χ1) is 50.7. The number of hydrogen-bond acceptors (Lipinski definition) is 11. The van der Waals surface area contributed by atoms with E-state index in [1.165, 1.54) is 152 Å². The first kappa shape index (κ1) is 84.7. The van der Waals surface area contributed by atoms with Crippen molar-refractivity contribution in [2.45, 2.75) is 39.2 Å². The van der Waals surface area contributed by atoms with E-state index in [9.17, 15) is 51.8 Å². The van der Waals surface area contributed by atoms with Gasteiger partial charge in [0.2, 0.25) is 39.3 Å². The zero-order valence-corrected chi connectivity index (χ0v) is 65.2. The molecule has 0 heterocycles. The van der Waals surface area contributed by atoms with Gasteiger partial charge in [-0.15, -0.1) is 11.6 Å². The van der Waals surface area contributed by atoms with Gasteiger partial charge in [0.1, 0.15) is 11.6 Å². The van der Waals surface area contributed by atoms with E-state index in [2.05, 4.69) is 11.6 Å². The molecule has 0 bridgehead atoms. The Hall–Kier alpha value is -8.59. The quantitative estimate of drug-likeness (QED) is 0.0619. The molecule has 0 radical (unpaired) electrons. The molecule has 0 spiro atoms. The minimum Gasteiger partial charge on any atom is -0.400 e. The van der Waals surface area contributed by atoms with Crippen LogP contribution in [0, 0.1) is 11.6 Å². The number of halogens is 9. The standard InChI is InChI=1S/C24H16Cl2O4S2.C18H13Cl2OP.C13H8F2O.C12H8Cl2O2S.C12H10O2S.CH3Cl.CH4O/c25-19-5-13-23(14-6-19)31(27,28)21-9-1-17(2-10-21)18-3-11-22(12-4-18)32(29,30)24-15-7-20(26)8-16-24;19-14-6-10-17(11-7-14)22(21,16-4-2-1-3-5-16)18-12-8-15(20)9-13-18;14-11-5-1-9(2-6-11)13(16)10-3-7-12(15)8-4-10;13-9-1-5-11(6-2-9)17(15,16)12-7-3-10(14)4-8-12;13-15(14,11-7-3-1-4-8-11)12-9-5-2-6-10-12;2*1-2/h1-16H;1-13H;1-8H;1-8H;1-10H;1H3;2H,1H3. The number of sulfone groups is 4. The van der Waals surface area contributed by atoms with Crippen molar-refractivity contribution in [3.8, 4) is 11.1 Å². The normalized spacial score (nSPS) is 11.0. The summed E-state index contributed by atoms with van der Waals surface area (Å²) in [6.07, 6.45) is 1.47. The van der Waals surface area contributed by atoms with Crippen LogP contribution < -0.4 is 15.9 Å². The lowest BCUT2D eigenvalue weighted by atomic mass is 10.0. The summed E-state index contributed by atoms with van der Waals surface area (Å²) >= 11 is 39.7. The van der Waals surface area contributed by atoms with Gasteiger partial charge >= 0.3 is 0 Å². The van der Waals surface area contributed by atoms with Crippen molar-refractivity contribution < 1.29 is 56.9 Å². The number of rotatable bonds is 14. The van der Waals surface area contributed by atoms with Crippen molar-refractivity contribution in [3.05, 3.63) is 387 Å². The Morgan fingerprint density at radius 3 is 0.670 bits per heavy atom. The maximum absolute atomic E-state index is 14.0. The highest BCUT2D eigenvalue weighted by Crippen LogP contribution is 2.43. The van der Waals surface area contributed by atoms with Crippen molar-refractivity contribution in [2.75, 3.05) is 13.5 Å². The van der Waals surface area contributed by atoms with E-state index < -0.39 is 58.1 Å². The maximum atomic E-state index is 14.0. The van der Waals surface area contributed by atoms with Crippen molar-refractivity contribution in [3.63, 3.8) is 0 Å². The molecule has 0 unspecified atom stereocenters. The van der Waals surface area contributed by atoms with Crippen LogP contribution >= 0.6 is 88.3 Å². The SMILES string of the molecule is CCl.CO.O=C(c1ccc(F)cc1)c1ccc(F)cc1.O=P(c1ccccc1)(c1ccc(Cl)cc1)c1ccc(Cl)cc1.O=S(=O)(c1ccc(Cl)cc1)c1ccc(-c2ccc(S(=O)(=O)c3ccc(Cl)cc3)cc2)cc1.O=S(=O)(c1ccc(Cl)cc1)c1ccc(Cl)cc1.O=S(=O)(c1ccccc1)c1ccccc1. The molecule has 1 N–H and O–H groups in total. The summed E-state index contributed by atoms with van der Waals surface area (Å²) in [5, 5.41) is 12.5. The Balaban J connectivity index is 0.000000188. The van der Waals surface area contributed by atoms with Crippen LogP contribution in [0.2, 0.25) is 30.1 Å². The van der Waals surface area contributed by atoms with Crippen LogP contribution in [0.3, 0.4) is 0 Å². The number of alkyl halides is 1. The van der Waals surface area contributed by atoms with Gasteiger partial charge < -0.3 is 9.67 Å². The molecule has 0 fully saturated rings. The maximum Gasteiger partial charge on any atom is 0.206 e. The van der Waals surface area contributed by atoms with E-state index >= 15 is 0 Å². The molecule has 0 aromatic heterocycles. The summed E-state index contributed by atoms with van der Waals surface area (Å²) < 4.78 is 139. The minimum absolute atomic E-state index is 0.158. The van der Waals surface area contributed by atoms with Gasteiger partial charge in [0.15, 0.2) is 12.9 Å². The highest BCUT2D eigenvalue weighted by molar-refractivity contribution is 7.92. The predicted octanol–water partition coefficient (Wildman–Crippen LogP) is 21.0. The molecular formula is C81H62Cl7F2O11PS4. The van der Waals surface area contributed by atoms with Gasteiger partial charge in [-0.3, -0.25) is 4.79 Å². The smallest absolute Gasteiger partial charge is 0.206 e. The van der Waals surface area contributed by atoms with Gasteiger partial charge in [-0.2, -0.15) is 0 Å². The van der Waals surface area contributed by atoms with E-state index in [1.807, 2.05) is 54.6 Å². The lowest BCUT2D eigenvalue weighted by Crippen LogP contribution is -2.24. The van der Waals surface area contributed by atoms with E-state index in [0.29, 0.717) is 51.1 Å². The monoisotopic (exact) mass is 1650 g/mol. The van der Waals surface area contributed by atoms with Crippen LogP contribution in [0.4, 0.5) is 8.78 Å². The molecule has 13 aromatic rings. The number of hydrogen-bond donors (Lipinski definition) is 1. The number of aliphatic hydroxyl groups excluding tert-OH is 1. The molecule has 13 aromatic carbocycles. The third-order valence-electron chi connectivity index (χ3n) is 15.0. The van der Waals surface area contributed by atoms with E-state index in [1.54, 1.807) is 133 Å². The Morgan fingerprint density at radius 2 is 0.443 bits per heavy atom. The Kier molecular flexibility index (Phi) is 31.8. The number of ketones is 1. The zero-order chi connectivity index (χ0) is 77.2. The Bertz CT molecular complexity index is 5200. The second-order valence-corrected chi connectivity index (χ2v) is 34.9. The van der Waals surface area contributed by atoms with Crippen LogP contribution in [0.25, 0.3) is 11.1 Å². The van der Waals surface area contributed by atoms with Crippen molar-refractivity contribution >= 4 is 149 Å². The predicted molar refractivity (Wildman–Crippen MR) is 424 cm³/mol. The average molecular weight is 1660 g/mol. The molecule has 0 amide bonds. The van der Waals surface area contributed by atoms with E-state index in [0.717, 1.165) is 34.2 Å². The van der Waals surface area contributed by atoms with Gasteiger partial charge in [0.25, 0.3) is 0 Å². The molecule has 0 aliphatic heterocycles. The van der Waals surface area contributed by atoms with Crippen LogP contribution in [-0.4, -0.2) is 58.1 Å². The summed E-state index contributed by atoms with van der Waals surface area (Å²) in [5.41, 5.74) is 2.28. The van der Waals surface area contributed by atoms with Crippen molar-refractivity contribution in [1.82, 2.24) is 0 Å². The van der Waals surface area contributed by atoms with Crippen LogP contribution in [0.15, 0.2) is 373 Å². The number of carbonyl (C=O) groups excluding carboxylic acids is 1. The average Bonchev–Trinajstić information content (AvgIpc) is 0.775. The van der Waals surface area contributed by atoms with Gasteiger partial charge in [-0.25, -0.2) is 42.5 Å². The third-order valence-corrected chi connectivity index (χ3v) is 26.7. The topological polar surface area (TPSA) is 191 Å². The molecule has 0 aliphatic rings. The van der Waals surface area contributed by atoms with E-state index in [4.69, 9.17) is 74.7 Å². The molecular weight excluding hydrogens is 1590 g/mol. The van der Waals surface area contributed by atoms with Gasteiger partial charge in [0, 0.05) is 70.7 Å². The number of aliphatic hydroxyl groups is 1. The van der Waals surface area contributed by atoms with Crippen LogP contribution in [0.5, 0.6) is 0 Å². The second-order valence-electron chi connectivity index (χ2n) is 21.7. The molecule has 0 aliphatic carbocycles. The Morgan fingerprint density at radius 1 is 0.264 bits per heavy atom. The summed E-state index contributed by atoms with van der Waals surface area (Å²) in [5.74, 6) is -1.04. The van der Waals surface area contributed by atoms with Crippen molar-refractivity contribution in [1.29, 1.82) is 0 Å². The fourth-order valence-electron chi connectivity index (χ4n) is 9.61. The fraction of sp³-hybridized carbons (Fsp3) is 0.0247. The van der Waals surface area contributed by atoms with E-state index in [-0.39, 0.29) is 35.2 Å². The molecule has 544 valence electrons. The summed E-state index contributed by atoms with van der Waals surface area (Å²) in [4.78, 5) is 13.5. The number of carbonyl (C=O) groups is 1. The van der Waals surface area contributed by atoms with Crippen LogP contribution in [0.1, 0.15) is 15.9 Å². The molecule has 106 heavy (non-hydrogen) atoms. The molecule has 0 atom stereocenters. The summed E-state index contributed by atoms with van der Waals surface area (Å²) in [6.45, 7) is 0. The summed E-state index contributed by atoms with van der Waals surface area (Å²) in [7, 11) is -16.1. The molecule has 0 saturated carbocycles. The first-order valence-corrected chi connectivity index (χ1v) is 41.7. The molecule has 0 saturated heterocycles. The molecule has 25 heteroatoms. The van der Waals surface area contributed by atoms with Gasteiger partial charge in [0.05, 0.1) is 39.2 Å². The summed E-state index contributed by atoms with van der Waals surface area (Å²) in [6, 6.07) is 88.1. The first-order valence-electron chi connectivity index (χ1n) is 31.1.